The van der Waals surface area contributed by atoms with Gasteiger partial charge in [-0.2, -0.15) is 4.31 Å². The Hall–Kier alpha value is -4.60. The van der Waals surface area contributed by atoms with E-state index in [1.54, 1.807) is 6.92 Å². The summed E-state index contributed by atoms with van der Waals surface area (Å²) >= 11 is 6.15. The molecule has 2 fully saturated rings. The highest BCUT2D eigenvalue weighted by atomic mass is 35.5. The van der Waals surface area contributed by atoms with Crippen molar-refractivity contribution in [3.8, 4) is 5.75 Å². The number of carbonyl (C=O) groups is 2. The first-order valence-electron chi connectivity index (χ1n) is 16.5. The SMILES string of the molecule is CCOc1cc(C(=O)O)ccc1N(Cc1cc(C2CC2)cc(C2CC2)c1)C(=O)CN(Cc1ccc(F)cc1Cl)S(=O)(=O)c1c(F)c(F)c(F)c(F)c1F. The number of carbonyl (C=O) groups excluding carboxylic acids is 1. The second-order valence-electron chi connectivity index (χ2n) is 12.9. The topological polar surface area (TPSA) is 104 Å². The lowest BCUT2D eigenvalue weighted by atomic mass is 9.99. The molecule has 1 N–H and O–H groups in total. The molecule has 2 aliphatic rings. The van der Waals surface area contributed by atoms with Crippen LogP contribution < -0.4 is 9.64 Å². The van der Waals surface area contributed by atoms with E-state index in [4.69, 9.17) is 16.3 Å². The highest BCUT2D eigenvalue weighted by Crippen LogP contribution is 2.46. The van der Waals surface area contributed by atoms with Crippen molar-refractivity contribution in [2.75, 3.05) is 18.1 Å². The number of amides is 1. The molecule has 6 rings (SSSR count). The minimum absolute atomic E-state index is 0.0000386. The molecular weight excluding hydrogens is 750 g/mol. The molecule has 4 aromatic carbocycles. The Bertz CT molecular complexity index is 2170. The predicted octanol–water partition coefficient (Wildman–Crippen LogP) is 8.45. The maximum absolute atomic E-state index is 15.1. The van der Waals surface area contributed by atoms with Gasteiger partial charge in [-0.05, 0) is 97.0 Å². The van der Waals surface area contributed by atoms with E-state index in [1.165, 1.54) is 18.2 Å². The normalized spacial score (nSPS) is 14.4. The highest BCUT2D eigenvalue weighted by molar-refractivity contribution is 7.89. The molecule has 280 valence electrons. The van der Waals surface area contributed by atoms with E-state index in [9.17, 15) is 40.7 Å². The maximum Gasteiger partial charge on any atom is 0.335 e. The zero-order valence-electron chi connectivity index (χ0n) is 27.9. The third kappa shape index (κ3) is 8.02. The molecule has 0 bridgehead atoms. The number of aromatic carboxylic acids is 1. The quantitative estimate of drug-likeness (QED) is 0.0783. The number of hydrogen-bond donors (Lipinski definition) is 1. The Morgan fingerprint density at radius 2 is 1.40 bits per heavy atom. The number of nitrogens with zero attached hydrogens (tertiary/aromatic N) is 2. The average Bonchev–Trinajstić information content (AvgIpc) is 4.04. The largest absolute Gasteiger partial charge is 0.492 e. The lowest BCUT2D eigenvalue weighted by Gasteiger charge is -2.29. The van der Waals surface area contributed by atoms with E-state index in [-0.39, 0.29) is 45.0 Å². The number of carboxylic acid groups (broad SMARTS) is 1. The maximum atomic E-state index is 15.1. The molecule has 0 aliphatic heterocycles. The van der Waals surface area contributed by atoms with Crippen LogP contribution in [0.15, 0.2) is 59.5 Å². The fourth-order valence-corrected chi connectivity index (χ4v) is 7.72. The minimum atomic E-state index is -5.76. The van der Waals surface area contributed by atoms with E-state index in [2.05, 4.69) is 6.07 Å². The van der Waals surface area contributed by atoms with Crippen molar-refractivity contribution in [3.05, 3.63) is 122 Å². The van der Waals surface area contributed by atoms with Crippen LogP contribution >= 0.6 is 11.6 Å². The lowest BCUT2D eigenvalue weighted by Crippen LogP contribution is -2.43. The van der Waals surface area contributed by atoms with Gasteiger partial charge in [-0.1, -0.05) is 35.9 Å². The van der Waals surface area contributed by atoms with E-state index in [0.717, 1.165) is 59.9 Å². The summed E-state index contributed by atoms with van der Waals surface area (Å²) in [5.41, 5.74) is 2.35. The van der Waals surface area contributed by atoms with E-state index in [1.807, 2.05) is 12.1 Å². The summed E-state index contributed by atoms with van der Waals surface area (Å²) < 4.78 is 121. The summed E-state index contributed by atoms with van der Waals surface area (Å²) in [4.78, 5) is 25.2. The van der Waals surface area contributed by atoms with Crippen molar-refractivity contribution in [1.29, 1.82) is 0 Å². The Kier molecular flexibility index (Phi) is 10.8. The molecule has 0 atom stereocenters. The highest BCUT2D eigenvalue weighted by Gasteiger charge is 2.39. The fourth-order valence-electron chi connectivity index (χ4n) is 6.02. The van der Waals surface area contributed by atoms with Crippen LogP contribution in [0.4, 0.5) is 32.0 Å². The van der Waals surface area contributed by atoms with E-state index < -0.39 is 74.8 Å². The standard InChI is InChI=1S/C37H31ClF6N2O6S/c1-2-52-29-14-22(37(48)49)8-10-28(29)46(16-19-11-24(20-3-4-20)13-25(12-19)21-5-6-21)30(47)18-45(17-23-7-9-26(39)15-27(23)38)53(50,51)36-34(43)32(41)31(40)33(42)35(36)44/h7-15,20-21H,2-6,16-18H2,1H3,(H,48,49). The number of sulfonamides is 1. The number of carboxylic acids is 1. The number of rotatable bonds is 14. The van der Waals surface area contributed by atoms with Gasteiger partial charge in [0.15, 0.2) is 28.2 Å². The van der Waals surface area contributed by atoms with Crippen LogP contribution in [0.25, 0.3) is 0 Å². The van der Waals surface area contributed by atoms with Crippen LogP contribution in [0.5, 0.6) is 5.75 Å². The first-order chi connectivity index (χ1) is 25.1. The van der Waals surface area contributed by atoms with Crippen molar-refractivity contribution in [3.63, 3.8) is 0 Å². The van der Waals surface area contributed by atoms with Crippen LogP contribution in [0.2, 0.25) is 5.02 Å². The molecule has 0 spiro atoms. The molecule has 4 aromatic rings. The van der Waals surface area contributed by atoms with Crippen LogP contribution in [0, 0.1) is 34.9 Å². The number of anilines is 1. The van der Waals surface area contributed by atoms with Crippen molar-refractivity contribution in [2.24, 2.45) is 0 Å². The van der Waals surface area contributed by atoms with Crippen molar-refractivity contribution in [2.45, 2.75) is 62.4 Å². The number of halogens is 7. The lowest BCUT2D eigenvalue weighted by molar-refractivity contribution is -0.119. The first-order valence-corrected chi connectivity index (χ1v) is 18.3. The predicted molar refractivity (Wildman–Crippen MR) is 181 cm³/mol. The molecule has 1 amide bonds. The number of ether oxygens (including phenoxy) is 1. The Morgan fingerprint density at radius 1 is 0.811 bits per heavy atom. The van der Waals surface area contributed by atoms with E-state index >= 15 is 8.78 Å². The molecule has 0 unspecified atom stereocenters. The van der Waals surface area contributed by atoms with Gasteiger partial charge in [0, 0.05) is 11.6 Å². The summed E-state index contributed by atoms with van der Waals surface area (Å²) in [6, 6.07) is 12.3. The van der Waals surface area contributed by atoms with Crippen molar-refractivity contribution < 1.29 is 54.2 Å². The van der Waals surface area contributed by atoms with Gasteiger partial charge in [-0.15, -0.1) is 0 Å². The van der Waals surface area contributed by atoms with Crippen LogP contribution in [-0.2, 0) is 27.9 Å². The Labute approximate surface area is 305 Å². The summed E-state index contributed by atoms with van der Waals surface area (Å²) in [7, 11) is -5.76. The summed E-state index contributed by atoms with van der Waals surface area (Å²) in [6.07, 6.45) is 3.88. The second-order valence-corrected chi connectivity index (χ2v) is 15.1. The number of benzene rings is 4. The van der Waals surface area contributed by atoms with Gasteiger partial charge < -0.3 is 14.7 Å². The molecule has 0 heterocycles. The minimum Gasteiger partial charge on any atom is -0.492 e. The molecule has 0 aromatic heterocycles. The summed E-state index contributed by atoms with van der Waals surface area (Å²) in [6.45, 7) is -0.835. The van der Waals surface area contributed by atoms with Gasteiger partial charge in [-0.3, -0.25) is 4.79 Å². The van der Waals surface area contributed by atoms with Gasteiger partial charge in [0.1, 0.15) is 11.6 Å². The van der Waals surface area contributed by atoms with E-state index in [0.29, 0.717) is 17.4 Å². The molecule has 0 radical (unpaired) electrons. The molecule has 2 aliphatic carbocycles. The van der Waals surface area contributed by atoms with Gasteiger partial charge in [0.2, 0.25) is 21.7 Å². The third-order valence-electron chi connectivity index (χ3n) is 9.01. The van der Waals surface area contributed by atoms with Gasteiger partial charge in [-0.25, -0.2) is 39.6 Å². The van der Waals surface area contributed by atoms with Crippen LogP contribution in [-0.4, -0.2) is 42.9 Å². The van der Waals surface area contributed by atoms with Crippen LogP contribution in [0.1, 0.15) is 77.1 Å². The molecule has 0 saturated heterocycles. The van der Waals surface area contributed by atoms with Gasteiger partial charge >= 0.3 is 5.97 Å². The second kappa shape index (κ2) is 15.0. The first kappa shape index (κ1) is 38.1. The average molecular weight is 781 g/mol. The Balaban J connectivity index is 1.48. The molecular formula is C37H31ClF6N2O6S. The summed E-state index contributed by atoms with van der Waals surface area (Å²) in [5.74, 6) is -15.6. The fraction of sp³-hybridized carbons (Fsp3) is 0.297. The molecule has 8 nitrogen and oxygen atoms in total. The zero-order valence-corrected chi connectivity index (χ0v) is 29.5. The summed E-state index contributed by atoms with van der Waals surface area (Å²) in [5, 5.41) is 9.28. The van der Waals surface area contributed by atoms with Crippen molar-refractivity contribution in [1.82, 2.24) is 4.31 Å². The van der Waals surface area contributed by atoms with Gasteiger partial charge in [0.05, 0.1) is 30.9 Å². The Morgan fingerprint density at radius 3 is 1.92 bits per heavy atom. The monoisotopic (exact) mass is 780 g/mol. The third-order valence-corrected chi connectivity index (χ3v) is 11.2. The zero-order chi connectivity index (χ0) is 38.4. The van der Waals surface area contributed by atoms with Crippen molar-refractivity contribution >= 4 is 39.2 Å². The molecule has 16 heteroatoms. The number of hydrogen-bond acceptors (Lipinski definition) is 5. The van der Waals surface area contributed by atoms with Gasteiger partial charge in [0.25, 0.3) is 0 Å². The molecule has 2 saturated carbocycles. The smallest absolute Gasteiger partial charge is 0.335 e. The molecule has 53 heavy (non-hydrogen) atoms. The van der Waals surface area contributed by atoms with Crippen LogP contribution in [0.3, 0.4) is 0 Å².